The summed E-state index contributed by atoms with van der Waals surface area (Å²) in [7, 11) is 0. The normalized spacial score (nSPS) is 18.2. The molecular formula is C14H14BrClN4O2. The summed E-state index contributed by atoms with van der Waals surface area (Å²) in [6.07, 6.45) is -0.497. The summed E-state index contributed by atoms with van der Waals surface area (Å²) in [5, 5.41) is 13.4. The molecule has 1 atom stereocenters. The number of rotatable bonds is 3. The van der Waals surface area contributed by atoms with Gasteiger partial charge < -0.3 is 15.4 Å². The van der Waals surface area contributed by atoms with Crippen LogP contribution in [0.5, 0.6) is 0 Å². The molecule has 116 valence electrons. The first-order valence-corrected chi connectivity index (χ1v) is 7.94. The van der Waals surface area contributed by atoms with Crippen molar-refractivity contribution >= 4 is 39.3 Å². The summed E-state index contributed by atoms with van der Waals surface area (Å²) in [6.45, 7) is 1.79. The molecule has 2 aromatic rings. The van der Waals surface area contributed by atoms with Crippen LogP contribution >= 0.6 is 27.5 Å². The molecule has 1 amide bonds. The molecule has 3 rings (SSSR count). The predicted octanol–water partition coefficient (Wildman–Crippen LogP) is 2.42. The van der Waals surface area contributed by atoms with Crippen molar-refractivity contribution in [2.75, 3.05) is 25.0 Å². The summed E-state index contributed by atoms with van der Waals surface area (Å²) in [6, 6.07) is 7.28. The molecule has 0 radical (unpaired) electrons. The first-order chi connectivity index (χ1) is 10.6. The van der Waals surface area contributed by atoms with Gasteiger partial charge in [0.15, 0.2) is 5.82 Å². The average Bonchev–Trinajstić information content (AvgIpc) is 2.99. The van der Waals surface area contributed by atoms with E-state index in [2.05, 4.69) is 36.8 Å². The molecular weight excluding hydrogens is 372 g/mol. The molecule has 0 unspecified atom stereocenters. The molecule has 0 aliphatic carbocycles. The van der Waals surface area contributed by atoms with Crippen LogP contribution in [0.25, 0.3) is 11.3 Å². The minimum absolute atomic E-state index is 0.217. The highest BCUT2D eigenvalue weighted by molar-refractivity contribution is 9.10. The van der Waals surface area contributed by atoms with Crippen LogP contribution in [0, 0.1) is 0 Å². The van der Waals surface area contributed by atoms with Gasteiger partial charge in [0.25, 0.3) is 5.91 Å². The second-order valence-corrected chi connectivity index (χ2v) is 6.17. The van der Waals surface area contributed by atoms with Crippen molar-refractivity contribution < 1.29 is 9.53 Å². The quantitative estimate of drug-likeness (QED) is 0.758. The highest BCUT2D eigenvalue weighted by atomic mass is 79.9. The highest BCUT2D eigenvalue weighted by Gasteiger charge is 2.22. The Morgan fingerprint density at radius 3 is 3.09 bits per heavy atom. The van der Waals surface area contributed by atoms with E-state index in [1.165, 1.54) is 0 Å². The van der Waals surface area contributed by atoms with E-state index >= 15 is 0 Å². The molecule has 2 heterocycles. The number of amides is 1. The van der Waals surface area contributed by atoms with Crippen molar-refractivity contribution in [3.05, 3.63) is 33.8 Å². The molecule has 1 aromatic carbocycles. The molecule has 0 bridgehead atoms. The van der Waals surface area contributed by atoms with Crippen LogP contribution in [0.15, 0.2) is 28.7 Å². The number of nitrogens with one attached hydrogen (secondary N) is 3. The van der Waals surface area contributed by atoms with Crippen molar-refractivity contribution in [1.82, 2.24) is 15.5 Å². The van der Waals surface area contributed by atoms with Crippen LogP contribution in [-0.4, -0.2) is 41.9 Å². The number of hydrogen-bond acceptors (Lipinski definition) is 4. The van der Waals surface area contributed by atoms with Gasteiger partial charge in [0, 0.05) is 29.2 Å². The Morgan fingerprint density at radius 2 is 2.32 bits per heavy atom. The molecule has 0 spiro atoms. The number of carbonyl (C=O) groups excluding carboxylic acids is 1. The number of halogens is 2. The highest BCUT2D eigenvalue weighted by Crippen LogP contribution is 2.30. The van der Waals surface area contributed by atoms with Gasteiger partial charge in [0.05, 0.1) is 17.3 Å². The van der Waals surface area contributed by atoms with Gasteiger partial charge >= 0.3 is 0 Å². The van der Waals surface area contributed by atoms with Crippen LogP contribution < -0.4 is 10.6 Å². The molecule has 22 heavy (non-hydrogen) atoms. The van der Waals surface area contributed by atoms with Crippen molar-refractivity contribution in [3.8, 4) is 11.3 Å². The molecule has 1 saturated heterocycles. The Morgan fingerprint density at radius 1 is 1.45 bits per heavy atom. The fourth-order valence-corrected chi connectivity index (χ4v) is 2.75. The number of anilines is 1. The molecule has 6 nitrogen and oxygen atoms in total. The third kappa shape index (κ3) is 3.49. The monoisotopic (exact) mass is 384 g/mol. The van der Waals surface area contributed by atoms with Gasteiger partial charge in [0.1, 0.15) is 6.10 Å². The predicted molar refractivity (Wildman–Crippen MR) is 88.0 cm³/mol. The van der Waals surface area contributed by atoms with Gasteiger partial charge in [-0.1, -0.05) is 27.5 Å². The Kier molecular flexibility index (Phi) is 4.77. The fraction of sp³-hybridized carbons (Fsp3) is 0.286. The zero-order valence-electron chi connectivity index (χ0n) is 11.5. The summed E-state index contributed by atoms with van der Waals surface area (Å²) in [4.78, 5) is 12.1. The van der Waals surface area contributed by atoms with Crippen LogP contribution in [0.2, 0.25) is 5.02 Å². The maximum absolute atomic E-state index is 12.1. The summed E-state index contributed by atoms with van der Waals surface area (Å²) < 4.78 is 6.31. The number of H-pyrrole nitrogens is 1. The number of benzene rings is 1. The van der Waals surface area contributed by atoms with Gasteiger partial charge in [-0.3, -0.25) is 9.89 Å². The Bertz CT molecular complexity index is 685. The first-order valence-electron chi connectivity index (χ1n) is 6.77. The molecule has 0 saturated carbocycles. The zero-order chi connectivity index (χ0) is 15.5. The van der Waals surface area contributed by atoms with E-state index in [4.69, 9.17) is 16.3 Å². The number of morpholine rings is 1. The Balaban J connectivity index is 1.73. The van der Waals surface area contributed by atoms with Gasteiger partial charge in [-0.05, 0) is 18.2 Å². The topological polar surface area (TPSA) is 79.0 Å². The maximum atomic E-state index is 12.1. The second-order valence-electron chi connectivity index (χ2n) is 4.84. The number of ether oxygens (including phenoxy) is 1. The summed E-state index contributed by atoms with van der Waals surface area (Å²) in [5.41, 5.74) is 1.53. The van der Waals surface area contributed by atoms with Gasteiger partial charge in [-0.25, -0.2) is 0 Å². The van der Waals surface area contributed by atoms with Crippen molar-refractivity contribution in [2.45, 2.75) is 6.10 Å². The summed E-state index contributed by atoms with van der Waals surface area (Å²) >= 11 is 9.59. The largest absolute Gasteiger partial charge is 0.366 e. The zero-order valence-corrected chi connectivity index (χ0v) is 13.9. The van der Waals surface area contributed by atoms with Crippen LogP contribution in [0.1, 0.15) is 0 Å². The fourth-order valence-electron chi connectivity index (χ4n) is 2.17. The van der Waals surface area contributed by atoms with Crippen LogP contribution in [0.4, 0.5) is 5.82 Å². The minimum atomic E-state index is -0.497. The van der Waals surface area contributed by atoms with E-state index in [9.17, 15) is 4.79 Å². The maximum Gasteiger partial charge on any atom is 0.256 e. The number of aromatic amines is 1. The van der Waals surface area contributed by atoms with Crippen molar-refractivity contribution in [2.24, 2.45) is 0 Å². The first kappa shape index (κ1) is 15.5. The third-order valence-corrected chi connectivity index (χ3v) is 4.09. The number of carbonyl (C=O) groups is 1. The van der Waals surface area contributed by atoms with E-state index in [0.29, 0.717) is 24.0 Å². The smallest absolute Gasteiger partial charge is 0.256 e. The minimum Gasteiger partial charge on any atom is -0.366 e. The lowest BCUT2D eigenvalue weighted by molar-refractivity contribution is -0.128. The molecule has 1 aromatic heterocycles. The Labute approximate surface area is 140 Å². The van der Waals surface area contributed by atoms with E-state index in [0.717, 1.165) is 22.3 Å². The van der Waals surface area contributed by atoms with Gasteiger partial charge in [0.2, 0.25) is 0 Å². The number of nitrogens with zero attached hydrogens (tertiary/aromatic N) is 1. The van der Waals surface area contributed by atoms with Crippen molar-refractivity contribution in [1.29, 1.82) is 0 Å². The lowest BCUT2D eigenvalue weighted by Crippen LogP contribution is -2.45. The van der Waals surface area contributed by atoms with Crippen molar-refractivity contribution in [3.63, 3.8) is 0 Å². The second kappa shape index (κ2) is 6.78. The van der Waals surface area contributed by atoms with Gasteiger partial charge in [-0.15, -0.1) is 0 Å². The number of hydrogen-bond donors (Lipinski definition) is 3. The molecule has 3 N–H and O–H groups in total. The molecule has 1 aliphatic rings. The lowest BCUT2D eigenvalue weighted by atomic mass is 10.1. The molecule has 8 heteroatoms. The van der Waals surface area contributed by atoms with E-state index in [1.54, 1.807) is 12.1 Å². The van der Waals surface area contributed by atoms with E-state index < -0.39 is 6.10 Å². The van der Waals surface area contributed by atoms with Gasteiger partial charge in [-0.2, -0.15) is 5.10 Å². The molecule has 1 fully saturated rings. The standard InChI is InChI=1S/C14H14BrClN4O2/c15-8-1-2-10(16)9(5-8)11-6-13(20-19-11)18-14(21)12-7-17-3-4-22-12/h1-2,5-6,12,17H,3-4,7H2,(H2,18,19,20,21)/t12-/m1/s1. The molecule has 1 aliphatic heterocycles. The Hall–Kier alpha value is -1.41. The van der Waals surface area contributed by atoms with Crippen LogP contribution in [-0.2, 0) is 9.53 Å². The van der Waals surface area contributed by atoms with E-state index in [1.807, 2.05) is 12.1 Å². The lowest BCUT2D eigenvalue weighted by Gasteiger charge is -2.22. The number of aromatic nitrogens is 2. The third-order valence-electron chi connectivity index (χ3n) is 3.27. The SMILES string of the molecule is O=C(Nc1cc(-c2cc(Br)ccc2Cl)[nH]n1)[C@H]1CNCCO1. The average molecular weight is 386 g/mol. The summed E-state index contributed by atoms with van der Waals surface area (Å²) in [5.74, 6) is 0.218. The van der Waals surface area contributed by atoms with Crippen LogP contribution in [0.3, 0.4) is 0 Å². The van der Waals surface area contributed by atoms with E-state index in [-0.39, 0.29) is 5.91 Å².